The van der Waals surface area contributed by atoms with Gasteiger partial charge in [-0.2, -0.15) is 0 Å². The lowest BCUT2D eigenvalue weighted by Gasteiger charge is -2.21. The number of nitrogens with one attached hydrogen (secondary N) is 2. The number of carbonyl (C=O) groups excluding carboxylic acids is 5. The molecule has 3 atom stereocenters. The number of nitrogens with zero attached hydrogens (tertiary/aromatic N) is 4. The molecular weight excluding hydrogens is 688 g/mol. The normalized spacial score (nSPS) is 13.0. The van der Waals surface area contributed by atoms with Crippen LogP contribution in [0.3, 0.4) is 0 Å². The lowest BCUT2D eigenvalue weighted by molar-refractivity contribution is -0.152. The van der Waals surface area contributed by atoms with Gasteiger partial charge in [0.1, 0.15) is 23.7 Å². The van der Waals surface area contributed by atoms with Gasteiger partial charge in [-0.1, -0.05) is 18.1 Å². The Bertz CT molecular complexity index is 1930. The summed E-state index contributed by atoms with van der Waals surface area (Å²) in [5, 5.41) is 6.92. The predicted octanol–water partition coefficient (Wildman–Crippen LogP) is 1.04. The van der Waals surface area contributed by atoms with E-state index < -0.39 is 41.8 Å². The number of ether oxygens (including phenoxy) is 2. The highest BCUT2D eigenvalue weighted by Crippen LogP contribution is 2.20. The average molecular weight is 731 g/mol. The van der Waals surface area contributed by atoms with Crippen LogP contribution >= 0.6 is 0 Å². The van der Waals surface area contributed by atoms with Gasteiger partial charge in [0.25, 0.3) is 5.91 Å². The number of imidazole rings is 1. The van der Waals surface area contributed by atoms with Crippen molar-refractivity contribution in [3.63, 3.8) is 0 Å². The van der Waals surface area contributed by atoms with E-state index in [9.17, 15) is 24.0 Å². The number of amidine groups is 1. The third-order valence-electron chi connectivity index (χ3n) is 7.77. The first-order valence-electron chi connectivity index (χ1n) is 16.6. The zero-order valence-electron chi connectivity index (χ0n) is 29.2. The van der Waals surface area contributed by atoms with E-state index >= 15 is 0 Å². The van der Waals surface area contributed by atoms with E-state index in [4.69, 9.17) is 37.2 Å². The van der Waals surface area contributed by atoms with E-state index in [1.165, 1.54) is 4.90 Å². The van der Waals surface area contributed by atoms with Crippen LogP contribution in [0.1, 0.15) is 48.4 Å². The molecule has 0 aliphatic rings. The van der Waals surface area contributed by atoms with Crippen LogP contribution in [-0.4, -0.2) is 82.4 Å². The molecule has 0 saturated carbocycles. The lowest BCUT2D eigenvalue weighted by Crippen LogP contribution is -2.42. The zero-order valence-corrected chi connectivity index (χ0v) is 29.2. The number of hydrogen-bond acceptors (Lipinski definition) is 14. The molecule has 0 spiro atoms. The van der Waals surface area contributed by atoms with Gasteiger partial charge in [0, 0.05) is 35.5 Å². The van der Waals surface area contributed by atoms with E-state index in [1.54, 1.807) is 80.7 Å². The number of anilines is 2. The van der Waals surface area contributed by atoms with Crippen molar-refractivity contribution in [2.75, 3.05) is 30.0 Å². The van der Waals surface area contributed by atoms with Crippen LogP contribution in [0.4, 0.5) is 11.5 Å². The number of amides is 2. The van der Waals surface area contributed by atoms with Crippen molar-refractivity contribution < 1.29 is 38.3 Å². The molecule has 0 radical (unpaired) electrons. The van der Waals surface area contributed by atoms with Crippen LogP contribution in [0.5, 0.6) is 0 Å². The van der Waals surface area contributed by atoms with E-state index in [1.807, 2.05) is 0 Å². The molecule has 2 aromatic heterocycles. The van der Waals surface area contributed by atoms with Crippen molar-refractivity contribution in [2.45, 2.75) is 45.3 Å². The van der Waals surface area contributed by atoms with E-state index in [0.29, 0.717) is 40.3 Å². The van der Waals surface area contributed by atoms with Gasteiger partial charge >= 0.3 is 17.9 Å². The molecule has 4 rings (SSSR count). The van der Waals surface area contributed by atoms with Crippen molar-refractivity contribution in [3.8, 4) is 0 Å². The standard InChI is InChI=1S/C35H42N10O8/c1-3-51-30(47)13-15-45(29-6-4-5-14-40-29)33(48)22-9-12-25-26(16-22)43-28(42-25)18-41-23-10-7-21(8-11-23)32(39)44-53-35(50)31(38)20(2)19-52-34(49)24(36)17-27(37)46/h4-12,14,16,20,24,31,41H,3,13,15,17-19,36,38H2,1-2H3,(H2,37,46)(H2,39,44)(H,42,43). The highest BCUT2D eigenvalue weighted by atomic mass is 16.7. The Kier molecular flexibility index (Phi) is 13.9. The topological polar surface area (TPSA) is 286 Å². The molecule has 18 heteroatoms. The molecule has 0 saturated heterocycles. The number of aromatic nitrogens is 3. The summed E-state index contributed by atoms with van der Waals surface area (Å²) in [5.41, 5.74) is 25.3. The number of H-pyrrole nitrogens is 1. The molecule has 0 fully saturated rings. The molecule has 280 valence electrons. The maximum absolute atomic E-state index is 13.6. The Balaban J connectivity index is 1.31. The number of pyridine rings is 1. The number of rotatable bonds is 18. The summed E-state index contributed by atoms with van der Waals surface area (Å²) in [7, 11) is 0. The minimum atomic E-state index is -1.22. The van der Waals surface area contributed by atoms with Gasteiger partial charge in [0.15, 0.2) is 5.84 Å². The number of aromatic amines is 1. The fourth-order valence-corrected chi connectivity index (χ4v) is 4.81. The molecule has 4 aromatic rings. The summed E-state index contributed by atoms with van der Waals surface area (Å²) in [6, 6.07) is 14.7. The largest absolute Gasteiger partial charge is 0.466 e. The molecule has 3 unspecified atom stereocenters. The fourth-order valence-electron chi connectivity index (χ4n) is 4.81. The van der Waals surface area contributed by atoms with Crippen molar-refractivity contribution in [2.24, 2.45) is 34.0 Å². The minimum absolute atomic E-state index is 0.0151. The number of primary amides is 1. The van der Waals surface area contributed by atoms with Crippen molar-refractivity contribution in [1.82, 2.24) is 15.0 Å². The van der Waals surface area contributed by atoms with Gasteiger partial charge in [0.2, 0.25) is 5.91 Å². The molecule has 2 amide bonds. The second-order valence-corrected chi connectivity index (χ2v) is 11.8. The molecule has 0 bridgehead atoms. The van der Waals surface area contributed by atoms with Crippen molar-refractivity contribution in [3.05, 3.63) is 83.8 Å². The first-order valence-corrected chi connectivity index (χ1v) is 16.6. The highest BCUT2D eigenvalue weighted by molar-refractivity contribution is 6.07. The number of hydrogen-bond donors (Lipinski definition) is 6. The summed E-state index contributed by atoms with van der Waals surface area (Å²) in [4.78, 5) is 79.3. The number of oxime groups is 1. The van der Waals surface area contributed by atoms with Crippen LogP contribution in [-0.2, 0) is 40.0 Å². The second-order valence-electron chi connectivity index (χ2n) is 11.8. The summed E-state index contributed by atoms with van der Waals surface area (Å²) in [6.45, 7) is 3.68. The van der Waals surface area contributed by atoms with Gasteiger partial charge in [-0.25, -0.2) is 14.8 Å². The Morgan fingerprint density at radius 2 is 1.70 bits per heavy atom. The molecule has 18 nitrogen and oxygen atoms in total. The van der Waals surface area contributed by atoms with Crippen molar-refractivity contribution >= 4 is 58.1 Å². The van der Waals surface area contributed by atoms with Gasteiger partial charge in [-0.15, -0.1) is 0 Å². The number of esters is 2. The quantitative estimate of drug-likeness (QED) is 0.0274. The SMILES string of the molecule is CCOC(=O)CCN(C(=O)c1ccc2nc(CNc3ccc(/C(N)=N/OC(=O)C(N)C(C)COC(=O)C(N)CC(N)=O)cc3)[nH]c2c1)c1ccccn1. The number of fused-ring (bicyclic) bond motifs is 1. The van der Waals surface area contributed by atoms with E-state index in [2.05, 4.69) is 25.4 Å². The first kappa shape index (κ1) is 39.4. The second kappa shape index (κ2) is 18.7. The monoisotopic (exact) mass is 730 g/mol. The third kappa shape index (κ3) is 11.3. The van der Waals surface area contributed by atoms with Crippen LogP contribution < -0.4 is 33.2 Å². The fraction of sp³-hybridized carbons (Fsp3) is 0.314. The number of benzene rings is 2. The van der Waals surface area contributed by atoms with E-state index in [0.717, 1.165) is 5.69 Å². The molecule has 0 aliphatic heterocycles. The predicted molar refractivity (Wildman–Crippen MR) is 194 cm³/mol. The number of nitrogens with two attached hydrogens (primary N) is 4. The van der Waals surface area contributed by atoms with Crippen LogP contribution in [0, 0.1) is 5.92 Å². The average Bonchev–Trinajstić information content (AvgIpc) is 3.57. The van der Waals surface area contributed by atoms with Gasteiger partial charge in [-0.3, -0.25) is 24.1 Å². The Labute approximate surface area is 304 Å². The lowest BCUT2D eigenvalue weighted by atomic mass is 10.0. The first-order chi connectivity index (χ1) is 25.4. The summed E-state index contributed by atoms with van der Waals surface area (Å²) < 4.78 is 10.0. The van der Waals surface area contributed by atoms with Gasteiger partial charge in [0.05, 0.1) is 43.6 Å². The summed E-state index contributed by atoms with van der Waals surface area (Å²) >= 11 is 0. The Morgan fingerprint density at radius 3 is 2.38 bits per heavy atom. The molecule has 2 aromatic carbocycles. The van der Waals surface area contributed by atoms with Gasteiger partial charge < -0.3 is 47.5 Å². The van der Waals surface area contributed by atoms with Crippen LogP contribution in [0.25, 0.3) is 11.0 Å². The number of carbonyl (C=O) groups is 5. The van der Waals surface area contributed by atoms with Crippen molar-refractivity contribution in [1.29, 1.82) is 0 Å². The summed E-state index contributed by atoms with van der Waals surface area (Å²) in [5.74, 6) is -2.98. The minimum Gasteiger partial charge on any atom is -0.466 e. The molecule has 2 heterocycles. The van der Waals surface area contributed by atoms with Gasteiger partial charge in [-0.05, 0) is 61.5 Å². The molecule has 10 N–H and O–H groups in total. The van der Waals surface area contributed by atoms with Crippen LogP contribution in [0.15, 0.2) is 72.0 Å². The summed E-state index contributed by atoms with van der Waals surface area (Å²) in [6.07, 6.45) is 1.21. The smallest absolute Gasteiger partial charge is 0.352 e. The molecular formula is C35H42N10O8. The Morgan fingerprint density at radius 1 is 0.962 bits per heavy atom. The van der Waals surface area contributed by atoms with Crippen LogP contribution in [0.2, 0.25) is 0 Å². The molecule has 0 aliphatic carbocycles. The highest BCUT2D eigenvalue weighted by Gasteiger charge is 2.26. The Hall–Kier alpha value is -6.40. The maximum atomic E-state index is 13.6. The van der Waals surface area contributed by atoms with E-state index in [-0.39, 0.29) is 44.3 Å². The zero-order chi connectivity index (χ0) is 38.5. The maximum Gasteiger partial charge on any atom is 0.352 e. The third-order valence-corrected chi connectivity index (χ3v) is 7.77. The molecule has 53 heavy (non-hydrogen) atoms.